The SMILES string of the molecule is Cc1ccc(C)c(-c2cc(C(=O)N3CCN(c4cccc(Cl)c4)CC3)c3cccc(C)c3n2)c1. The first-order valence-corrected chi connectivity index (χ1v) is 12.1. The van der Waals surface area contributed by atoms with Gasteiger partial charge >= 0.3 is 0 Å². The molecule has 0 radical (unpaired) electrons. The molecule has 0 atom stereocenters. The van der Waals surface area contributed by atoms with E-state index in [4.69, 9.17) is 16.6 Å². The molecular formula is C29H28ClN3O. The first-order chi connectivity index (χ1) is 16.4. The van der Waals surface area contributed by atoms with E-state index < -0.39 is 0 Å². The van der Waals surface area contributed by atoms with Crippen LogP contribution >= 0.6 is 11.6 Å². The second-order valence-electron chi connectivity index (χ2n) is 9.10. The largest absolute Gasteiger partial charge is 0.368 e. The van der Waals surface area contributed by atoms with Gasteiger partial charge in [-0.05, 0) is 62.2 Å². The highest BCUT2D eigenvalue weighted by Crippen LogP contribution is 2.30. The Morgan fingerprint density at radius 2 is 1.62 bits per heavy atom. The minimum atomic E-state index is 0.0651. The summed E-state index contributed by atoms with van der Waals surface area (Å²) in [4.78, 5) is 23.1. The standard InChI is InChI=1S/C29H28ClN3O/c1-19-10-11-20(2)25(16-19)27-18-26(24-9-4-6-21(3)28(24)31-27)29(34)33-14-12-32(13-15-33)23-8-5-7-22(30)17-23/h4-11,16-18H,12-15H2,1-3H3. The zero-order valence-electron chi connectivity index (χ0n) is 19.8. The van der Waals surface area contributed by atoms with Gasteiger partial charge in [0.05, 0.1) is 16.8 Å². The van der Waals surface area contributed by atoms with Crippen LogP contribution in [-0.4, -0.2) is 42.0 Å². The molecule has 4 aromatic rings. The van der Waals surface area contributed by atoms with Crippen molar-refractivity contribution < 1.29 is 4.79 Å². The summed E-state index contributed by atoms with van der Waals surface area (Å²) in [7, 11) is 0. The van der Waals surface area contributed by atoms with E-state index in [0.29, 0.717) is 13.1 Å². The normalized spacial score (nSPS) is 14.0. The molecule has 1 aliphatic heterocycles. The number of piperazine rings is 1. The van der Waals surface area contributed by atoms with Gasteiger partial charge in [-0.1, -0.05) is 53.6 Å². The maximum absolute atomic E-state index is 13.8. The number of hydrogen-bond donors (Lipinski definition) is 0. The molecule has 0 unspecified atom stereocenters. The molecule has 1 fully saturated rings. The van der Waals surface area contributed by atoms with E-state index in [9.17, 15) is 4.79 Å². The molecule has 3 aromatic carbocycles. The summed E-state index contributed by atoms with van der Waals surface area (Å²) >= 11 is 6.18. The van der Waals surface area contributed by atoms with Crippen molar-refractivity contribution in [1.29, 1.82) is 0 Å². The predicted octanol–water partition coefficient (Wildman–Crippen LogP) is 6.44. The molecule has 1 aromatic heterocycles. The van der Waals surface area contributed by atoms with E-state index in [-0.39, 0.29) is 5.91 Å². The molecule has 1 saturated heterocycles. The van der Waals surface area contributed by atoms with E-state index in [1.807, 2.05) is 41.3 Å². The Morgan fingerprint density at radius 1 is 0.853 bits per heavy atom. The molecule has 1 amide bonds. The molecule has 5 rings (SSSR count). The van der Waals surface area contributed by atoms with Crippen LogP contribution in [-0.2, 0) is 0 Å². The van der Waals surface area contributed by atoms with Gasteiger partial charge in [-0.3, -0.25) is 4.79 Å². The lowest BCUT2D eigenvalue weighted by Crippen LogP contribution is -2.48. The topological polar surface area (TPSA) is 36.4 Å². The van der Waals surface area contributed by atoms with Crippen LogP contribution in [0.15, 0.2) is 66.7 Å². The molecule has 1 aliphatic rings. The quantitative estimate of drug-likeness (QED) is 0.346. The van der Waals surface area contributed by atoms with E-state index in [1.165, 1.54) is 5.56 Å². The molecule has 0 saturated carbocycles. The van der Waals surface area contributed by atoms with Gasteiger partial charge in [0.15, 0.2) is 0 Å². The number of halogens is 1. The smallest absolute Gasteiger partial charge is 0.254 e. The Labute approximate surface area is 205 Å². The van der Waals surface area contributed by atoms with Crippen molar-refractivity contribution >= 4 is 34.1 Å². The molecular weight excluding hydrogens is 442 g/mol. The highest BCUT2D eigenvalue weighted by molar-refractivity contribution is 6.30. The number of pyridine rings is 1. The van der Waals surface area contributed by atoms with Crippen molar-refractivity contribution in [3.8, 4) is 11.3 Å². The van der Waals surface area contributed by atoms with Gasteiger partial charge in [0.25, 0.3) is 5.91 Å². The van der Waals surface area contributed by atoms with Crippen molar-refractivity contribution in [1.82, 2.24) is 9.88 Å². The minimum Gasteiger partial charge on any atom is -0.368 e. The Hall–Kier alpha value is -3.37. The lowest BCUT2D eigenvalue weighted by Gasteiger charge is -2.36. The van der Waals surface area contributed by atoms with Gasteiger partial charge < -0.3 is 9.80 Å². The minimum absolute atomic E-state index is 0.0651. The second kappa shape index (κ2) is 9.11. The summed E-state index contributed by atoms with van der Waals surface area (Å²) in [5, 5.41) is 1.64. The number of carbonyl (C=O) groups excluding carboxylic acids is 1. The van der Waals surface area contributed by atoms with Crippen LogP contribution in [0.3, 0.4) is 0 Å². The van der Waals surface area contributed by atoms with Crippen LogP contribution in [0.25, 0.3) is 22.2 Å². The number of hydrogen-bond acceptors (Lipinski definition) is 3. The van der Waals surface area contributed by atoms with Gasteiger partial charge in [-0.2, -0.15) is 0 Å². The first kappa shape index (κ1) is 22.4. The molecule has 0 bridgehead atoms. The van der Waals surface area contributed by atoms with Crippen molar-refractivity contribution in [2.75, 3.05) is 31.1 Å². The van der Waals surface area contributed by atoms with Crippen molar-refractivity contribution in [3.05, 3.63) is 94.0 Å². The van der Waals surface area contributed by atoms with Crippen LogP contribution in [0, 0.1) is 20.8 Å². The Morgan fingerprint density at radius 3 is 2.38 bits per heavy atom. The van der Waals surface area contributed by atoms with Crippen LogP contribution in [0.4, 0.5) is 5.69 Å². The highest BCUT2D eigenvalue weighted by atomic mass is 35.5. The molecule has 34 heavy (non-hydrogen) atoms. The molecule has 172 valence electrons. The third-order valence-corrected chi connectivity index (χ3v) is 6.92. The van der Waals surface area contributed by atoms with Crippen molar-refractivity contribution in [3.63, 3.8) is 0 Å². The van der Waals surface area contributed by atoms with Gasteiger partial charge in [0, 0.05) is 47.8 Å². The summed E-state index contributed by atoms with van der Waals surface area (Å²) < 4.78 is 0. The van der Waals surface area contributed by atoms with Crippen LogP contribution < -0.4 is 4.90 Å². The lowest BCUT2D eigenvalue weighted by atomic mass is 9.97. The molecule has 0 aliphatic carbocycles. The van der Waals surface area contributed by atoms with Crippen LogP contribution in [0.2, 0.25) is 5.02 Å². The van der Waals surface area contributed by atoms with Gasteiger partial charge in [0.2, 0.25) is 0 Å². The molecule has 2 heterocycles. The summed E-state index contributed by atoms with van der Waals surface area (Å²) in [6.45, 7) is 9.12. The molecule has 5 heteroatoms. The Bertz CT molecular complexity index is 1390. The Kier molecular flexibility index (Phi) is 6.01. The van der Waals surface area contributed by atoms with Gasteiger partial charge in [-0.15, -0.1) is 0 Å². The zero-order chi connectivity index (χ0) is 23.8. The van der Waals surface area contributed by atoms with Crippen molar-refractivity contribution in [2.24, 2.45) is 0 Å². The number of fused-ring (bicyclic) bond motifs is 1. The maximum atomic E-state index is 13.8. The Balaban J connectivity index is 1.50. The number of anilines is 1. The van der Waals surface area contributed by atoms with Gasteiger partial charge in [0.1, 0.15) is 0 Å². The molecule has 4 nitrogen and oxygen atoms in total. The predicted molar refractivity (Wildman–Crippen MR) is 141 cm³/mol. The fourth-order valence-corrected chi connectivity index (χ4v) is 4.91. The monoisotopic (exact) mass is 469 g/mol. The second-order valence-corrected chi connectivity index (χ2v) is 9.54. The number of amides is 1. The maximum Gasteiger partial charge on any atom is 0.254 e. The summed E-state index contributed by atoms with van der Waals surface area (Å²) in [5.74, 6) is 0.0651. The summed E-state index contributed by atoms with van der Waals surface area (Å²) in [5.41, 5.74) is 8.04. The van der Waals surface area contributed by atoms with Crippen LogP contribution in [0.5, 0.6) is 0 Å². The highest BCUT2D eigenvalue weighted by Gasteiger charge is 2.25. The molecule has 0 spiro atoms. The molecule has 0 N–H and O–H groups in total. The number of aryl methyl sites for hydroxylation is 3. The average molecular weight is 470 g/mol. The fraction of sp³-hybridized carbons (Fsp3) is 0.241. The average Bonchev–Trinajstić information content (AvgIpc) is 2.85. The number of benzene rings is 3. The number of nitrogens with zero attached hydrogens (tertiary/aromatic N) is 3. The third-order valence-electron chi connectivity index (χ3n) is 6.68. The number of aromatic nitrogens is 1. The van der Waals surface area contributed by atoms with Crippen LogP contribution in [0.1, 0.15) is 27.0 Å². The number of para-hydroxylation sites is 1. The van der Waals surface area contributed by atoms with Crippen molar-refractivity contribution in [2.45, 2.75) is 20.8 Å². The zero-order valence-corrected chi connectivity index (χ0v) is 20.6. The van der Waals surface area contributed by atoms with Gasteiger partial charge in [-0.25, -0.2) is 4.98 Å². The lowest BCUT2D eigenvalue weighted by molar-refractivity contribution is 0.0748. The van der Waals surface area contributed by atoms with E-state index in [1.54, 1.807) is 0 Å². The first-order valence-electron chi connectivity index (χ1n) is 11.7. The number of rotatable bonds is 3. The summed E-state index contributed by atoms with van der Waals surface area (Å²) in [6, 6.07) is 22.3. The summed E-state index contributed by atoms with van der Waals surface area (Å²) in [6.07, 6.45) is 0. The van der Waals surface area contributed by atoms with E-state index in [0.717, 1.165) is 62.7 Å². The number of carbonyl (C=O) groups is 1. The van der Waals surface area contributed by atoms with E-state index in [2.05, 4.69) is 56.0 Å². The fourth-order valence-electron chi connectivity index (χ4n) is 4.73. The van der Waals surface area contributed by atoms with E-state index >= 15 is 0 Å². The third kappa shape index (κ3) is 4.26.